The summed E-state index contributed by atoms with van der Waals surface area (Å²) in [6.07, 6.45) is 5.93. The molecule has 0 unspecified atom stereocenters. The molecule has 5 nitrogen and oxygen atoms in total. The van der Waals surface area contributed by atoms with E-state index in [-0.39, 0.29) is 11.8 Å². The van der Waals surface area contributed by atoms with Gasteiger partial charge in [-0.25, -0.2) is 0 Å². The standard InChI is InChI=1S/C27H29N3O2/c1-28-26(32)27(18-21-10-12-24(13-11-21)23-8-3-2-4-9-23)14-6-16-30(20-27)25(31)17-22-7-5-15-29-19-22/h2-5,7-13,15,19H,6,14,16-18,20H2,1H3,(H,28,32)/t27-/m0/s1. The lowest BCUT2D eigenvalue weighted by Crippen LogP contribution is -2.54. The molecule has 2 aromatic carbocycles. The van der Waals surface area contributed by atoms with Crippen LogP contribution in [0.3, 0.4) is 0 Å². The molecule has 1 aliphatic rings. The van der Waals surface area contributed by atoms with Gasteiger partial charge in [-0.3, -0.25) is 14.6 Å². The van der Waals surface area contributed by atoms with Crippen molar-refractivity contribution >= 4 is 11.8 Å². The number of amides is 2. The number of benzene rings is 2. The molecule has 0 spiro atoms. The topological polar surface area (TPSA) is 62.3 Å². The quantitative estimate of drug-likeness (QED) is 0.649. The molecule has 1 aliphatic heterocycles. The van der Waals surface area contributed by atoms with E-state index >= 15 is 0 Å². The number of likely N-dealkylation sites (tertiary alicyclic amines) is 1. The molecule has 32 heavy (non-hydrogen) atoms. The maximum absolute atomic E-state index is 13.0. The highest BCUT2D eigenvalue weighted by atomic mass is 16.2. The molecule has 0 bridgehead atoms. The van der Waals surface area contributed by atoms with Crippen LogP contribution >= 0.6 is 0 Å². The van der Waals surface area contributed by atoms with E-state index in [4.69, 9.17) is 0 Å². The monoisotopic (exact) mass is 427 g/mol. The molecule has 5 heteroatoms. The number of pyridine rings is 1. The van der Waals surface area contributed by atoms with Gasteiger partial charge in [0.1, 0.15) is 0 Å². The number of nitrogens with one attached hydrogen (secondary N) is 1. The van der Waals surface area contributed by atoms with Crippen LogP contribution in [-0.4, -0.2) is 41.8 Å². The van der Waals surface area contributed by atoms with Crippen molar-refractivity contribution in [3.63, 3.8) is 0 Å². The minimum Gasteiger partial charge on any atom is -0.359 e. The van der Waals surface area contributed by atoms with E-state index in [0.29, 0.717) is 25.9 Å². The first kappa shape index (κ1) is 21.8. The Morgan fingerprint density at radius 2 is 1.72 bits per heavy atom. The lowest BCUT2D eigenvalue weighted by molar-refractivity contribution is -0.141. The lowest BCUT2D eigenvalue weighted by Gasteiger charge is -2.41. The molecule has 1 saturated heterocycles. The molecule has 2 amide bonds. The van der Waals surface area contributed by atoms with Gasteiger partial charge in [0, 0.05) is 32.5 Å². The molecule has 1 N–H and O–H groups in total. The van der Waals surface area contributed by atoms with Crippen molar-refractivity contribution in [2.45, 2.75) is 25.7 Å². The molecule has 0 aliphatic carbocycles. The van der Waals surface area contributed by atoms with Gasteiger partial charge in [-0.2, -0.15) is 0 Å². The summed E-state index contributed by atoms with van der Waals surface area (Å²) in [7, 11) is 1.68. The number of hydrogen-bond acceptors (Lipinski definition) is 3. The van der Waals surface area contributed by atoms with Gasteiger partial charge < -0.3 is 10.2 Å². The first-order valence-electron chi connectivity index (χ1n) is 11.1. The summed E-state index contributed by atoms with van der Waals surface area (Å²) in [5, 5.41) is 2.86. The SMILES string of the molecule is CNC(=O)[C@]1(Cc2ccc(-c3ccccc3)cc2)CCCN(C(=O)Cc2cccnc2)C1. The van der Waals surface area contributed by atoms with E-state index in [0.717, 1.165) is 29.5 Å². The van der Waals surface area contributed by atoms with E-state index in [1.165, 1.54) is 5.56 Å². The van der Waals surface area contributed by atoms with Crippen molar-refractivity contribution < 1.29 is 9.59 Å². The molecule has 1 fully saturated rings. The fourth-order valence-corrected chi connectivity index (χ4v) is 4.65. The zero-order valence-electron chi connectivity index (χ0n) is 18.5. The fourth-order valence-electron chi connectivity index (χ4n) is 4.65. The summed E-state index contributed by atoms with van der Waals surface area (Å²) < 4.78 is 0. The largest absolute Gasteiger partial charge is 0.359 e. The average Bonchev–Trinajstić information content (AvgIpc) is 2.85. The second-order valence-electron chi connectivity index (χ2n) is 8.56. The van der Waals surface area contributed by atoms with Gasteiger partial charge in [-0.1, -0.05) is 60.7 Å². The number of carbonyl (C=O) groups excluding carboxylic acids is 2. The summed E-state index contributed by atoms with van der Waals surface area (Å²) in [6, 6.07) is 22.4. The van der Waals surface area contributed by atoms with Crippen LogP contribution in [0.15, 0.2) is 79.1 Å². The van der Waals surface area contributed by atoms with Gasteiger partial charge in [0.15, 0.2) is 0 Å². The Bertz CT molecular complexity index is 1050. The number of carbonyl (C=O) groups is 2. The van der Waals surface area contributed by atoms with E-state index in [9.17, 15) is 9.59 Å². The number of piperidine rings is 1. The van der Waals surface area contributed by atoms with Crippen LogP contribution in [0.2, 0.25) is 0 Å². The molecular formula is C27H29N3O2. The Balaban J connectivity index is 1.51. The molecule has 3 aromatic rings. The zero-order valence-corrected chi connectivity index (χ0v) is 18.5. The van der Waals surface area contributed by atoms with Gasteiger partial charge in [0.2, 0.25) is 11.8 Å². The molecule has 164 valence electrons. The van der Waals surface area contributed by atoms with Crippen molar-refractivity contribution in [2.75, 3.05) is 20.1 Å². The summed E-state index contributed by atoms with van der Waals surface area (Å²) in [6.45, 7) is 1.12. The van der Waals surface area contributed by atoms with Crippen LogP contribution in [0.25, 0.3) is 11.1 Å². The summed E-state index contributed by atoms with van der Waals surface area (Å²) in [5.41, 5.74) is 3.71. The van der Waals surface area contributed by atoms with Crippen LogP contribution in [-0.2, 0) is 22.4 Å². The van der Waals surface area contributed by atoms with Gasteiger partial charge in [-0.15, -0.1) is 0 Å². The third kappa shape index (κ3) is 4.88. The normalized spacial score (nSPS) is 18.2. The van der Waals surface area contributed by atoms with Gasteiger partial charge >= 0.3 is 0 Å². The highest BCUT2D eigenvalue weighted by Crippen LogP contribution is 2.35. The number of aromatic nitrogens is 1. The first-order valence-corrected chi connectivity index (χ1v) is 11.1. The number of rotatable bonds is 6. The van der Waals surface area contributed by atoms with Gasteiger partial charge in [0.05, 0.1) is 11.8 Å². The van der Waals surface area contributed by atoms with Crippen molar-refractivity contribution in [1.29, 1.82) is 0 Å². The summed E-state index contributed by atoms with van der Waals surface area (Å²) in [4.78, 5) is 32.0. The van der Waals surface area contributed by atoms with Gasteiger partial charge in [0.25, 0.3) is 0 Å². The smallest absolute Gasteiger partial charge is 0.228 e. The van der Waals surface area contributed by atoms with Crippen LogP contribution in [0, 0.1) is 5.41 Å². The third-order valence-corrected chi connectivity index (χ3v) is 6.32. The van der Waals surface area contributed by atoms with Crippen molar-refractivity contribution in [2.24, 2.45) is 5.41 Å². The van der Waals surface area contributed by atoms with E-state index in [1.807, 2.05) is 35.2 Å². The summed E-state index contributed by atoms with van der Waals surface area (Å²) in [5.74, 6) is 0.0499. The molecule has 0 saturated carbocycles. The van der Waals surface area contributed by atoms with Crippen molar-refractivity contribution in [3.8, 4) is 11.1 Å². The average molecular weight is 428 g/mol. The second kappa shape index (κ2) is 9.77. The Labute approximate surface area is 189 Å². The lowest BCUT2D eigenvalue weighted by atomic mass is 9.74. The van der Waals surface area contributed by atoms with Crippen molar-refractivity contribution in [1.82, 2.24) is 15.2 Å². The van der Waals surface area contributed by atoms with Crippen molar-refractivity contribution in [3.05, 3.63) is 90.3 Å². The molecule has 4 rings (SSSR count). The van der Waals surface area contributed by atoms with Gasteiger partial charge in [-0.05, 0) is 47.6 Å². The Hall–Kier alpha value is -3.47. The molecular weight excluding hydrogens is 398 g/mol. The van der Waals surface area contributed by atoms with E-state index < -0.39 is 5.41 Å². The fraction of sp³-hybridized carbons (Fsp3) is 0.296. The van der Waals surface area contributed by atoms with E-state index in [1.54, 1.807) is 19.4 Å². The molecule has 1 aromatic heterocycles. The van der Waals surface area contributed by atoms with Crippen LogP contribution in [0.1, 0.15) is 24.0 Å². The first-order chi connectivity index (χ1) is 15.6. The molecule has 0 radical (unpaired) electrons. The molecule has 2 heterocycles. The molecule has 1 atom stereocenters. The van der Waals surface area contributed by atoms with Crippen LogP contribution in [0.4, 0.5) is 0 Å². The summed E-state index contributed by atoms with van der Waals surface area (Å²) >= 11 is 0. The zero-order chi connectivity index (χ0) is 22.4. The second-order valence-corrected chi connectivity index (χ2v) is 8.56. The minimum atomic E-state index is -0.619. The highest BCUT2D eigenvalue weighted by molar-refractivity contribution is 5.85. The predicted octanol–water partition coefficient (Wildman–Crippen LogP) is 3.89. The number of hydrogen-bond donors (Lipinski definition) is 1. The maximum Gasteiger partial charge on any atom is 0.228 e. The highest BCUT2D eigenvalue weighted by Gasteiger charge is 2.43. The third-order valence-electron chi connectivity index (χ3n) is 6.32. The maximum atomic E-state index is 13.0. The van der Waals surface area contributed by atoms with Crippen LogP contribution in [0.5, 0.6) is 0 Å². The Kier molecular flexibility index (Phi) is 6.64. The predicted molar refractivity (Wildman–Crippen MR) is 126 cm³/mol. The minimum absolute atomic E-state index is 0.00325. The number of nitrogens with zero attached hydrogens (tertiary/aromatic N) is 2. The Morgan fingerprint density at radius 1 is 0.969 bits per heavy atom. The Morgan fingerprint density at radius 3 is 2.41 bits per heavy atom. The van der Waals surface area contributed by atoms with E-state index in [2.05, 4.69) is 46.7 Å². The van der Waals surface area contributed by atoms with Crippen LogP contribution < -0.4 is 5.32 Å².